The molecule has 0 aliphatic rings. The molecule has 0 aliphatic heterocycles. The van der Waals surface area contributed by atoms with Gasteiger partial charge in [0.2, 0.25) is 0 Å². The van der Waals surface area contributed by atoms with Crippen molar-refractivity contribution in [3.8, 4) is 0 Å². The van der Waals surface area contributed by atoms with Crippen molar-refractivity contribution in [1.82, 2.24) is 0 Å². The second-order valence-corrected chi connectivity index (χ2v) is 6.15. The first-order valence-electron chi connectivity index (χ1n) is 5.66. The van der Waals surface area contributed by atoms with Crippen LogP contribution in [0, 0.1) is 19.7 Å². The van der Waals surface area contributed by atoms with Gasteiger partial charge in [-0.1, -0.05) is 15.9 Å². The number of hydrogen-bond donors (Lipinski definition) is 0. The van der Waals surface area contributed by atoms with Gasteiger partial charge in [0, 0.05) is 20.1 Å². The molecule has 0 N–H and O–H groups in total. The average molecular weight is 386 g/mol. The molecular formula is C15H11Br2FO. The third-order valence-corrected chi connectivity index (χ3v) is 4.02. The molecule has 0 saturated heterocycles. The van der Waals surface area contributed by atoms with E-state index in [0.717, 1.165) is 4.47 Å². The van der Waals surface area contributed by atoms with E-state index in [9.17, 15) is 9.18 Å². The van der Waals surface area contributed by atoms with Crippen LogP contribution in [0.5, 0.6) is 0 Å². The van der Waals surface area contributed by atoms with Gasteiger partial charge in [-0.3, -0.25) is 4.79 Å². The normalized spacial score (nSPS) is 10.6. The van der Waals surface area contributed by atoms with Crippen LogP contribution < -0.4 is 0 Å². The van der Waals surface area contributed by atoms with Gasteiger partial charge >= 0.3 is 0 Å². The minimum Gasteiger partial charge on any atom is -0.289 e. The van der Waals surface area contributed by atoms with Gasteiger partial charge in [-0.2, -0.15) is 0 Å². The van der Waals surface area contributed by atoms with E-state index >= 15 is 0 Å². The summed E-state index contributed by atoms with van der Waals surface area (Å²) >= 11 is 6.72. The van der Waals surface area contributed by atoms with Crippen LogP contribution in [-0.2, 0) is 0 Å². The predicted molar refractivity (Wildman–Crippen MR) is 81.1 cm³/mol. The van der Waals surface area contributed by atoms with E-state index in [1.54, 1.807) is 38.1 Å². The maximum Gasteiger partial charge on any atom is 0.194 e. The Morgan fingerprint density at radius 2 is 1.63 bits per heavy atom. The van der Waals surface area contributed by atoms with Crippen LogP contribution in [0.1, 0.15) is 27.0 Å². The van der Waals surface area contributed by atoms with Gasteiger partial charge in [0.25, 0.3) is 0 Å². The number of carbonyl (C=O) groups is 1. The Bertz CT molecular complexity index is 642. The zero-order valence-electron chi connectivity index (χ0n) is 10.4. The van der Waals surface area contributed by atoms with E-state index in [0.29, 0.717) is 26.7 Å². The molecule has 0 unspecified atom stereocenters. The monoisotopic (exact) mass is 384 g/mol. The molecule has 2 rings (SSSR count). The van der Waals surface area contributed by atoms with E-state index < -0.39 is 0 Å². The highest BCUT2D eigenvalue weighted by molar-refractivity contribution is 9.11. The van der Waals surface area contributed by atoms with Gasteiger partial charge in [-0.25, -0.2) is 4.39 Å². The lowest BCUT2D eigenvalue weighted by atomic mass is 9.99. The quantitative estimate of drug-likeness (QED) is 0.649. The molecule has 4 heteroatoms. The molecule has 0 atom stereocenters. The van der Waals surface area contributed by atoms with Gasteiger partial charge in [0.15, 0.2) is 5.78 Å². The molecule has 0 spiro atoms. The number of hydrogen-bond acceptors (Lipinski definition) is 1. The third-order valence-electron chi connectivity index (χ3n) is 2.87. The molecule has 0 aliphatic carbocycles. The maximum atomic E-state index is 13.6. The Labute approximate surface area is 128 Å². The average Bonchev–Trinajstić information content (AvgIpc) is 2.34. The molecule has 98 valence electrons. The van der Waals surface area contributed by atoms with Crippen molar-refractivity contribution in [2.75, 3.05) is 0 Å². The van der Waals surface area contributed by atoms with E-state index in [2.05, 4.69) is 31.9 Å². The molecule has 0 saturated carbocycles. The summed E-state index contributed by atoms with van der Waals surface area (Å²) in [6.07, 6.45) is 0. The first kappa shape index (κ1) is 14.4. The van der Waals surface area contributed by atoms with E-state index in [-0.39, 0.29) is 11.6 Å². The minimum absolute atomic E-state index is 0.120. The number of aryl methyl sites for hydroxylation is 2. The number of ketones is 1. The van der Waals surface area contributed by atoms with Gasteiger partial charge in [0.05, 0.1) is 0 Å². The Kier molecular flexibility index (Phi) is 4.21. The van der Waals surface area contributed by atoms with Gasteiger partial charge in [0.1, 0.15) is 5.82 Å². The SMILES string of the molecule is Cc1cc(C(=O)c2ccc(Br)cc2Br)cc(C)c1F. The summed E-state index contributed by atoms with van der Waals surface area (Å²) in [5.41, 5.74) is 2.03. The highest BCUT2D eigenvalue weighted by Crippen LogP contribution is 2.25. The molecule has 19 heavy (non-hydrogen) atoms. The first-order chi connectivity index (χ1) is 8.90. The van der Waals surface area contributed by atoms with Crippen LogP contribution in [0.2, 0.25) is 0 Å². The standard InChI is InChI=1S/C15H11Br2FO/c1-8-5-10(6-9(2)14(8)18)15(19)12-4-3-11(16)7-13(12)17/h3-7H,1-2H3. The summed E-state index contributed by atoms with van der Waals surface area (Å²) in [5.74, 6) is -0.378. The fraction of sp³-hybridized carbons (Fsp3) is 0.133. The van der Waals surface area contributed by atoms with Crippen LogP contribution in [0.15, 0.2) is 39.3 Å². The molecular weight excluding hydrogens is 375 g/mol. The predicted octanol–water partition coefficient (Wildman–Crippen LogP) is 5.20. The fourth-order valence-electron chi connectivity index (χ4n) is 1.91. The Morgan fingerprint density at radius 3 is 2.16 bits per heavy atom. The molecule has 2 aromatic rings. The molecule has 0 radical (unpaired) electrons. The summed E-state index contributed by atoms with van der Waals surface area (Å²) in [5, 5.41) is 0. The fourth-order valence-corrected chi connectivity index (χ4v) is 3.13. The van der Waals surface area contributed by atoms with Crippen LogP contribution in [0.4, 0.5) is 4.39 Å². The Hall–Kier alpha value is -1.000. The van der Waals surface area contributed by atoms with E-state index in [4.69, 9.17) is 0 Å². The van der Waals surface area contributed by atoms with Gasteiger partial charge in [-0.15, -0.1) is 0 Å². The highest BCUT2D eigenvalue weighted by atomic mass is 79.9. The summed E-state index contributed by atoms with van der Waals surface area (Å²) in [7, 11) is 0. The molecule has 0 aromatic heterocycles. The molecule has 0 bridgehead atoms. The van der Waals surface area contributed by atoms with Crippen LogP contribution >= 0.6 is 31.9 Å². The molecule has 0 fully saturated rings. The lowest BCUT2D eigenvalue weighted by Gasteiger charge is -2.08. The number of carbonyl (C=O) groups excluding carboxylic acids is 1. The van der Waals surface area contributed by atoms with Crippen molar-refractivity contribution in [3.05, 3.63) is 67.3 Å². The third kappa shape index (κ3) is 2.95. The van der Waals surface area contributed by atoms with E-state index in [1.165, 1.54) is 0 Å². The summed E-state index contributed by atoms with van der Waals surface area (Å²) in [6, 6.07) is 8.53. The smallest absolute Gasteiger partial charge is 0.194 e. The van der Waals surface area contributed by atoms with E-state index in [1.807, 2.05) is 6.07 Å². The Balaban J connectivity index is 2.50. The minimum atomic E-state index is -0.258. The summed E-state index contributed by atoms with van der Waals surface area (Å²) in [6.45, 7) is 3.32. The molecule has 1 nitrogen and oxygen atoms in total. The van der Waals surface area contributed by atoms with Crippen molar-refractivity contribution in [3.63, 3.8) is 0 Å². The molecule has 0 heterocycles. The topological polar surface area (TPSA) is 17.1 Å². The molecule has 2 aromatic carbocycles. The van der Waals surface area contributed by atoms with Crippen molar-refractivity contribution in [2.45, 2.75) is 13.8 Å². The molecule has 0 amide bonds. The number of halogens is 3. The van der Waals surface area contributed by atoms with Gasteiger partial charge < -0.3 is 0 Å². The zero-order valence-corrected chi connectivity index (χ0v) is 13.6. The first-order valence-corrected chi connectivity index (χ1v) is 7.25. The highest BCUT2D eigenvalue weighted by Gasteiger charge is 2.15. The lowest BCUT2D eigenvalue weighted by molar-refractivity contribution is 0.103. The second-order valence-electron chi connectivity index (χ2n) is 4.38. The van der Waals surface area contributed by atoms with Crippen LogP contribution in [-0.4, -0.2) is 5.78 Å². The zero-order chi connectivity index (χ0) is 14.2. The van der Waals surface area contributed by atoms with Crippen molar-refractivity contribution < 1.29 is 9.18 Å². The van der Waals surface area contributed by atoms with Crippen molar-refractivity contribution in [2.24, 2.45) is 0 Å². The van der Waals surface area contributed by atoms with Crippen LogP contribution in [0.25, 0.3) is 0 Å². The Morgan fingerprint density at radius 1 is 1.05 bits per heavy atom. The maximum absolute atomic E-state index is 13.6. The second kappa shape index (κ2) is 5.55. The summed E-state index contributed by atoms with van der Waals surface area (Å²) in [4.78, 5) is 12.4. The van der Waals surface area contributed by atoms with Crippen LogP contribution in [0.3, 0.4) is 0 Å². The largest absolute Gasteiger partial charge is 0.289 e. The number of benzene rings is 2. The van der Waals surface area contributed by atoms with Crippen molar-refractivity contribution >= 4 is 37.6 Å². The summed E-state index contributed by atoms with van der Waals surface area (Å²) < 4.78 is 15.2. The van der Waals surface area contributed by atoms with Gasteiger partial charge in [-0.05, 0) is 71.2 Å². The number of rotatable bonds is 2. The lowest BCUT2D eigenvalue weighted by Crippen LogP contribution is -2.04. The van der Waals surface area contributed by atoms with Crippen molar-refractivity contribution in [1.29, 1.82) is 0 Å².